The standard InChI is InChI=1S/C18H28N2O4/c1-22-16-5-3-6-17(23-2)15(16)13-18(21)20-10-7-14(8-11-20)24-12-4-9-19/h3,5-6,14H,4,7-13,19H2,1-2H3. The summed E-state index contributed by atoms with van der Waals surface area (Å²) in [7, 11) is 3.21. The Balaban J connectivity index is 1.90. The number of hydrogen-bond donors (Lipinski definition) is 1. The minimum Gasteiger partial charge on any atom is -0.496 e. The first-order valence-electron chi connectivity index (χ1n) is 8.49. The molecule has 1 aliphatic heterocycles. The molecule has 0 spiro atoms. The van der Waals surface area contributed by atoms with Gasteiger partial charge in [0.15, 0.2) is 0 Å². The first-order valence-corrected chi connectivity index (χ1v) is 8.49. The van der Waals surface area contributed by atoms with Crippen LogP contribution in [0.3, 0.4) is 0 Å². The molecule has 0 saturated carbocycles. The maximum atomic E-state index is 12.6. The fourth-order valence-corrected chi connectivity index (χ4v) is 2.97. The van der Waals surface area contributed by atoms with Crippen LogP contribution in [-0.4, -0.2) is 57.4 Å². The molecule has 1 heterocycles. The summed E-state index contributed by atoms with van der Waals surface area (Å²) < 4.78 is 16.5. The number of likely N-dealkylation sites (tertiary alicyclic amines) is 1. The topological polar surface area (TPSA) is 74.0 Å². The number of piperidine rings is 1. The van der Waals surface area contributed by atoms with E-state index in [9.17, 15) is 4.79 Å². The summed E-state index contributed by atoms with van der Waals surface area (Å²) in [6.45, 7) is 2.80. The third kappa shape index (κ3) is 4.85. The van der Waals surface area contributed by atoms with Gasteiger partial charge in [-0.25, -0.2) is 0 Å². The minimum atomic E-state index is 0.0956. The van der Waals surface area contributed by atoms with Crippen LogP contribution < -0.4 is 15.2 Å². The number of carbonyl (C=O) groups is 1. The molecule has 0 aromatic heterocycles. The Morgan fingerprint density at radius 1 is 1.21 bits per heavy atom. The van der Waals surface area contributed by atoms with Crippen LogP contribution in [0.15, 0.2) is 18.2 Å². The molecular weight excluding hydrogens is 308 g/mol. The Bertz CT molecular complexity index is 506. The van der Waals surface area contributed by atoms with Gasteiger partial charge in [-0.05, 0) is 37.9 Å². The summed E-state index contributed by atoms with van der Waals surface area (Å²) in [6, 6.07) is 5.56. The highest BCUT2D eigenvalue weighted by Gasteiger charge is 2.24. The van der Waals surface area contributed by atoms with E-state index < -0.39 is 0 Å². The second-order valence-electron chi connectivity index (χ2n) is 5.91. The molecule has 1 aromatic rings. The summed E-state index contributed by atoms with van der Waals surface area (Å²) in [4.78, 5) is 14.5. The molecule has 0 radical (unpaired) electrons. The molecule has 0 atom stereocenters. The highest BCUT2D eigenvalue weighted by molar-refractivity contribution is 5.80. The fraction of sp³-hybridized carbons (Fsp3) is 0.611. The zero-order valence-electron chi connectivity index (χ0n) is 14.6. The quantitative estimate of drug-likeness (QED) is 0.730. The maximum absolute atomic E-state index is 12.6. The Labute approximate surface area is 143 Å². The van der Waals surface area contributed by atoms with Gasteiger partial charge in [0.25, 0.3) is 0 Å². The highest BCUT2D eigenvalue weighted by atomic mass is 16.5. The SMILES string of the molecule is COc1cccc(OC)c1CC(=O)N1CCC(OCCCN)CC1. The normalized spacial score (nSPS) is 15.4. The number of nitrogens with zero attached hydrogens (tertiary/aromatic N) is 1. The predicted octanol–water partition coefficient (Wildman–Crippen LogP) is 1.60. The lowest BCUT2D eigenvalue weighted by atomic mass is 10.0. The second kappa shape index (κ2) is 9.49. The smallest absolute Gasteiger partial charge is 0.227 e. The van der Waals surface area contributed by atoms with Crippen LogP contribution in [0.1, 0.15) is 24.8 Å². The van der Waals surface area contributed by atoms with E-state index in [4.69, 9.17) is 19.9 Å². The average Bonchev–Trinajstić information content (AvgIpc) is 2.62. The Morgan fingerprint density at radius 2 is 1.83 bits per heavy atom. The van der Waals surface area contributed by atoms with E-state index >= 15 is 0 Å². The number of ether oxygens (including phenoxy) is 3. The summed E-state index contributed by atoms with van der Waals surface area (Å²) in [6.07, 6.45) is 3.15. The van der Waals surface area contributed by atoms with Crippen LogP contribution in [-0.2, 0) is 16.0 Å². The molecule has 0 bridgehead atoms. The monoisotopic (exact) mass is 336 g/mol. The molecule has 1 amide bonds. The number of methoxy groups -OCH3 is 2. The van der Waals surface area contributed by atoms with E-state index in [-0.39, 0.29) is 18.4 Å². The predicted molar refractivity (Wildman–Crippen MR) is 92.5 cm³/mol. The Hall–Kier alpha value is -1.79. The van der Waals surface area contributed by atoms with Crippen molar-refractivity contribution in [2.24, 2.45) is 5.73 Å². The fourth-order valence-electron chi connectivity index (χ4n) is 2.97. The number of hydrogen-bond acceptors (Lipinski definition) is 5. The molecule has 2 N–H and O–H groups in total. The van der Waals surface area contributed by atoms with Gasteiger partial charge in [0.1, 0.15) is 11.5 Å². The van der Waals surface area contributed by atoms with Crippen molar-refractivity contribution in [3.05, 3.63) is 23.8 Å². The summed E-state index contributed by atoms with van der Waals surface area (Å²) in [5.41, 5.74) is 6.27. The molecule has 1 aliphatic rings. The van der Waals surface area contributed by atoms with Gasteiger partial charge in [-0.15, -0.1) is 0 Å². The van der Waals surface area contributed by atoms with Crippen molar-refractivity contribution in [2.75, 3.05) is 40.5 Å². The maximum Gasteiger partial charge on any atom is 0.227 e. The summed E-state index contributed by atoms with van der Waals surface area (Å²) >= 11 is 0. The van der Waals surface area contributed by atoms with Crippen molar-refractivity contribution >= 4 is 5.91 Å². The number of benzene rings is 1. The van der Waals surface area contributed by atoms with E-state index in [1.807, 2.05) is 23.1 Å². The van der Waals surface area contributed by atoms with Gasteiger partial charge in [0, 0.05) is 25.3 Å². The number of carbonyl (C=O) groups excluding carboxylic acids is 1. The van der Waals surface area contributed by atoms with Crippen LogP contribution in [0.4, 0.5) is 0 Å². The zero-order valence-corrected chi connectivity index (χ0v) is 14.6. The summed E-state index contributed by atoms with van der Waals surface area (Å²) in [5, 5.41) is 0. The van der Waals surface area contributed by atoms with Crippen molar-refractivity contribution in [1.82, 2.24) is 4.90 Å². The third-order valence-electron chi connectivity index (χ3n) is 4.35. The van der Waals surface area contributed by atoms with Crippen LogP contribution >= 0.6 is 0 Å². The average molecular weight is 336 g/mol. The van der Waals surface area contributed by atoms with Crippen molar-refractivity contribution in [2.45, 2.75) is 31.8 Å². The molecule has 24 heavy (non-hydrogen) atoms. The molecule has 134 valence electrons. The molecule has 6 nitrogen and oxygen atoms in total. The molecule has 1 fully saturated rings. The lowest BCUT2D eigenvalue weighted by molar-refractivity contribution is -0.133. The molecule has 0 unspecified atom stereocenters. The van der Waals surface area contributed by atoms with Gasteiger partial charge in [-0.3, -0.25) is 4.79 Å². The third-order valence-corrected chi connectivity index (χ3v) is 4.35. The molecule has 1 aromatic carbocycles. The molecule has 2 rings (SSSR count). The van der Waals surface area contributed by atoms with Crippen molar-refractivity contribution in [1.29, 1.82) is 0 Å². The lowest BCUT2D eigenvalue weighted by Gasteiger charge is -2.32. The van der Waals surface area contributed by atoms with Gasteiger partial charge >= 0.3 is 0 Å². The van der Waals surface area contributed by atoms with E-state index in [1.165, 1.54) is 0 Å². The Kier molecular flexibility index (Phi) is 7.34. The van der Waals surface area contributed by atoms with Crippen LogP contribution in [0.25, 0.3) is 0 Å². The first kappa shape index (κ1) is 18.5. The van der Waals surface area contributed by atoms with Gasteiger partial charge in [-0.1, -0.05) is 6.07 Å². The Morgan fingerprint density at radius 3 is 2.38 bits per heavy atom. The molecular formula is C18H28N2O4. The van der Waals surface area contributed by atoms with Gasteiger partial charge in [0.2, 0.25) is 5.91 Å². The van der Waals surface area contributed by atoms with Crippen LogP contribution in [0.2, 0.25) is 0 Å². The zero-order chi connectivity index (χ0) is 17.4. The van der Waals surface area contributed by atoms with E-state index in [0.29, 0.717) is 24.7 Å². The largest absolute Gasteiger partial charge is 0.496 e. The first-order chi connectivity index (χ1) is 11.7. The summed E-state index contributed by atoms with van der Waals surface area (Å²) in [5.74, 6) is 1.46. The van der Waals surface area contributed by atoms with E-state index in [0.717, 1.165) is 37.9 Å². The number of nitrogens with two attached hydrogens (primary N) is 1. The second-order valence-corrected chi connectivity index (χ2v) is 5.91. The van der Waals surface area contributed by atoms with Crippen molar-refractivity contribution < 1.29 is 19.0 Å². The van der Waals surface area contributed by atoms with Crippen molar-refractivity contribution in [3.63, 3.8) is 0 Å². The minimum absolute atomic E-state index is 0.0956. The van der Waals surface area contributed by atoms with Crippen LogP contribution in [0.5, 0.6) is 11.5 Å². The highest BCUT2D eigenvalue weighted by Crippen LogP contribution is 2.29. The van der Waals surface area contributed by atoms with E-state index in [1.54, 1.807) is 14.2 Å². The number of amides is 1. The van der Waals surface area contributed by atoms with E-state index in [2.05, 4.69) is 0 Å². The van der Waals surface area contributed by atoms with Gasteiger partial charge in [0.05, 0.1) is 26.7 Å². The van der Waals surface area contributed by atoms with Crippen molar-refractivity contribution in [3.8, 4) is 11.5 Å². The molecule has 1 saturated heterocycles. The lowest BCUT2D eigenvalue weighted by Crippen LogP contribution is -2.41. The van der Waals surface area contributed by atoms with Crippen LogP contribution in [0, 0.1) is 0 Å². The molecule has 6 heteroatoms. The number of rotatable bonds is 8. The van der Waals surface area contributed by atoms with Gasteiger partial charge < -0.3 is 24.8 Å². The van der Waals surface area contributed by atoms with Gasteiger partial charge in [-0.2, -0.15) is 0 Å². The molecule has 0 aliphatic carbocycles.